The molecule has 0 fully saturated rings. The minimum absolute atomic E-state index is 0.0699. The number of aromatic nitrogens is 1. The highest BCUT2D eigenvalue weighted by Gasteiger charge is 2.21. The van der Waals surface area contributed by atoms with E-state index in [2.05, 4.69) is 154 Å². The molecular formula is C43H33N. The maximum absolute atomic E-state index is 4.84. The molecule has 1 heterocycles. The third kappa shape index (κ3) is 4.44. The van der Waals surface area contributed by atoms with Gasteiger partial charge in [0.25, 0.3) is 0 Å². The van der Waals surface area contributed by atoms with Gasteiger partial charge in [0.15, 0.2) is 0 Å². The van der Waals surface area contributed by atoms with Crippen LogP contribution < -0.4 is 0 Å². The Morgan fingerprint density at radius 3 is 1.52 bits per heavy atom. The molecule has 7 aromatic carbocycles. The molecule has 0 aliphatic heterocycles. The predicted molar refractivity (Wildman–Crippen MR) is 188 cm³/mol. The second-order valence-electron chi connectivity index (χ2n) is 12.9. The fraction of sp³-hybridized carbons (Fsp3) is 0.0930. The summed E-state index contributed by atoms with van der Waals surface area (Å²) in [6.45, 7) is 6.88. The van der Waals surface area contributed by atoms with Gasteiger partial charge in [-0.25, -0.2) is 0 Å². The van der Waals surface area contributed by atoms with Crippen molar-refractivity contribution in [3.8, 4) is 44.6 Å². The van der Waals surface area contributed by atoms with Crippen LogP contribution in [0.15, 0.2) is 146 Å². The van der Waals surface area contributed by atoms with E-state index in [-0.39, 0.29) is 5.41 Å². The van der Waals surface area contributed by atoms with Gasteiger partial charge in [-0.2, -0.15) is 0 Å². The first-order valence-corrected chi connectivity index (χ1v) is 15.4. The fourth-order valence-corrected chi connectivity index (χ4v) is 6.70. The second kappa shape index (κ2) is 10.2. The highest BCUT2D eigenvalue weighted by Crippen LogP contribution is 2.45. The van der Waals surface area contributed by atoms with E-state index in [1.165, 1.54) is 71.3 Å². The molecule has 0 bridgehead atoms. The molecule has 1 aromatic heterocycles. The molecule has 0 unspecified atom stereocenters. The molecular weight excluding hydrogens is 530 g/mol. The minimum Gasteiger partial charge on any atom is -0.256 e. The van der Waals surface area contributed by atoms with Crippen LogP contribution in [0.1, 0.15) is 26.3 Å². The lowest BCUT2D eigenvalue weighted by Crippen LogP contribution is -2.10. The first-order chi connectivity index (χ1) is 21.4. The summed E-state index contributed by atoms with van der Waals surface area (Å²) in [5.74, 6) is 0. The van der Waals surface area contributed by atoms with Crippen molar-refractivity contribution in [2.75, 3.05) is 0 Å². The zero-order valence-electron chi connectivity index (χ0n) is 25.3. The van der Waals surface area contributed by atoms with Gasteiger partial charge in [0.1, 0.15) is 0 Å². The van der Waals surface area contributed by atoms with E-state index < -0.39 is 0 Å². The fourth-order valence-electron chi connectivity index (χ4n) is 6.70. The first kappa shape index (κ1) is 26.4. The molecule has 0 amide bonds. The summed E-state index contributed by atoms with van der Waals surface area (Å²) in [5, 5.41) is 7.73. The van der Waals surface area contributed by atoms with Crippen molar-refractivity contribution < 1.29 is 0 Å². The van der Waals surface area contributed by atoms with E-state index in [4.69, 9.17) is 4.98 Å². The zero-order chi connectivity index (χ0) is 29.8. The van der Waals surface area contributed by atoms with E-state index >= 15 is 0 Å². The van der Waals surface area contributed by atoms with Gasteiger partial charge in [-0.1, -0.05) is 124 Å². The lowest BCUT2D eigenvalue weighted by atomic mass is 9.81. The van der Waals surface area contributed by atoms with Gasteiger partial charge in [-0.15, -0.1) is 0 Å². The van der Waals surface area contributed by atoms with Gasteiger partial charge in [-0.05, 0) is 113 Å². The number of nitrogens with zero attached hydrogens (tertiary/aromatic N) is 1. The molecule has 8 rings (SSSR count). The molecule has 210 valence electrons. The second-order valence-corrected chi connectivity index (χ2v) is 12.9. The number of benzene rings is 7. The van der Waals surface area contributed by atoms with E-state index in [9.17, 15) is 0 Å². The van der Waals surface area contributed by atoms with Crippen LogP contribution in [0.5, 0.6) is 0 Å². The van der Waals surface area contributed by atoms with Crippen molar-refractivity contribution in [2.45, 2.75) is 26.2 Å². The quantitative estimate of drug-likeness (QED) is 0.194. The lowest BCUT2D eigenvalue weighted by molar-refractivity contribution is 0.591. The van der Waals surface area contributed by atoms with Gasteiger partial charge in [-0.3, -0.25) is 4.98 Å². The van der Waals surface area contributed by atoms with Crippen LogP contribution in [0, 0.1) is 0 Å². The topological polar surface area (TPSA) is 12.9 Å². The third-order valence-corrected chi connectivity index (χ3v) is 8.98. The van der Waals surface area contributed by atoms with Crippen molar-refractivity contribution in [1.82, 2.24) is 4.98 Å². The smallest absolute Gasteiger partial charge is 0.0708 e. The summed E-state index contributed by atoms with van der Waals surface area (Å²) in [4.78, 5) is 4.84. The Balaban J connectivity index is 1.49. The maximum atomic E-state index is 4.84. The number of hydrogen-bond acceptors (Lipinski definition) is 1. The highest BCUT2D eigenvalue weighted by atomic mass is 14.7. The lowest BCUT2D eigenvalue weighted by Gasteiger charge is -2.23. The molecule has 0 saturated heterocycles. The number of rotatable bonds is 4. The monoisotopic (exact) mass is 563 g/mol. The van der Waals surface area contributed by atoms with E-state index in [1.807, 2.05) is 12.3 Å². The van der Waals surface area contributed by atoms with Crippen LogP contribution in [0.4, 0.5) is 0 Å². The molecule has 44 heavy (non-hydrogen) atoms. The Hall–Kier alpha value is -5.27. The Bertz CT molecular complexity index is 2200. The molecule has 0 N–H and O–H groups in total. The van der Waals surface area contributed by atoms with Crippen molar-refractivity contribution in [3.05, 3.63) is 151 Å². The summed E-state index contributed by atoms with van der Waals surface area (Å²) in [6, 6.07) is 51.1. The highest BCUT2D eigenvalue weighted by molar-refractivity contribution is 6.28. The summed E-state index contributed by atoms with van der Waals surface area (Å²) in [7, 11) is 0. The van der Waals surface area contributed by atoms with Crippen LogP contribution in [0.2, 0.25) is 0 Å². The van der Waals surface area contributed by atoms with Gasteiger partial charge >= 0.3 is 0 Å². The molecule has 0 aliphatic rings. The van der Waals surface area contributed by atoms with Crippen LogP contribution in [0.25, 0.3) is 77.0 Å². The van der Waals surface area contributed by atoms with Crippen LogP contribution in [-0.4, -0.2) is 4.98 Å². The Morgan fingerprint density at radius 2 is 0.977 bits per heavy atom. The van der Waals surface area contributed by atoms with Gasteiger partial charge in [0.2, 0.25) is 0 Å². The van der Waals surface area contributed by atoms with Gasteiger partial charge in [0, 0.05) is 11.8 Å². The summed E-state index contributed by atoms with van der Waals surface area (Å²) in [5.41, 5.74) is 10.9. The normalized spacial score (nSPS) is 12.0. The third-order valence-electron chi connectivity index (χ3n) is 8.98. The van der Waals surface area contributed by atoms with Gasteiger partial charge < -0.3 is 0 Å². The summed E-state index contributed by atoms with van der Waals surface area (Å²) >= 11 is 0. The molecule has 0 atom stereocenters. The molecule has 8 aromatic rings. The van der Waals surface area contributed by atoms with Crippen molar-refractivity contribution >= 4 is 32.3 Å². The number of pyridine rings is 1. The largest absolute Gasteiger partial charge is 0.256 e. The molecule has 0 saturated carbocycles. The molecule has 0 radical (unpaired) electrons. The van der Waals surface area contributed by atoms with E-state index in [0.717, 1.165) is 11.3 Å². The van der Waals surface area contributed by atoms with Crippen molar-refractivity contribution in [3.63, 3.8) is 0 Å². The SMILES string of the molecule is CC(C)(C)c1cc2ccc3c(-c4cc(-c5ccccc5)cc(-c5ccccc5)c4)cc(-c4ccccn4)c4ccc(c1)c2c34. The van der Waals surface area contributed by atoms with Crippen LogP contribution >= 0.6 is 0 Å². The first-order valence-electron chi connectivity index (χ1n) is 15.4. The Kier molecular flexibility index (Phi) is 6.10. The van der Waals surface area contributed by atoms with Gasteiger partial charge in [0.05, 0.1) is 5.69 Å². The average Bonchev–Trinajstić information content (AvgIpc) is 3.07. The van der Waals surface area contributed by atoms with E-state index in [1.54, 1.807) is 0 Å². The maximum Gasteiger partial charge on any atom is 0.0708 e. The van der Waals surface area contributed by atoms with Crippen LogP contribution in [0.3, 0.4) is 0 Å². The number of hydrogen-bond donors (Lipinski definition) is 0. The standard InChI is InChI=1S/C43H33N/c1-43(2,3)35-25-30-17-19-36-38(27-39(40-16-10-11-21-44-40)37-20-18-31(26-35)41(30)42(36)37)34-23-32(28-12-6-4-7-13-28)22-33(24-34)29-14-8-5-9-15-29/h4-27H,1-3H3. The molecule has 1 heteroatoms. The minimum atomic E-state index is 0.0699. The van der Waals surface area contributed by atoms with Crippen LogP contribution in [-0.2, 0) is 5.41 Å². The summed E-state index contributed by atoms with van der Waals surface area (Å²) in [6.07, 6.45) is 1.89. The summed E-state index contributed by atoms with van der Waals surface area (Å²) < 4.78 is 0. The Labute approximate surface area is 258 Å². The van der Waals surface area contributed by atoms with E-state index in [0.29, 0.717) is 0 Å². The molecule has 0 spiro atoms. The van der Waals surface area contributed by atoms with Crippen molar-refractivity contribution in [2.24, 2.45) is 0 Å². The Morgan fingerprint density at radius 1 is 0.432 bits per heavy atom. The average molecular weight is 564 g/mol. The van der Waals surface area contributed by atoms with Crippen molar-refractivity contribution in [1.29, 1.82) is 0 Å². The zero-order valence-corrected chi connectivity index (χ0v) is 25.3. The molecule has 0 aliphatic carbocycles. The predicted octanol–water partition coefficient (Wildman–Crippen LogP) is 11.9. The molecule has 1 nitrogen and oxygen atoms in total.